The fourth-order valence-corrected chi connectivity index (χ4v) is 4.68. The normalized spacial score (nSPS) is 28.4. The van der Waals surface area contributed by atoms with Crippen LogP contribution in [0.15, 0.2) is 60.2 Å². The zero-order chi connectivity index (χ0) is 16.7. The van der Waals surface area contributed by atoms with Crippen LogP contribution in [0.1, 0.15) is 54.6 Å². The third-order valence-electron chi connectivity index (χ3n) is 5.75. The molecule has 0 aromatic heterocycles. The van der Waals surface area contributed by atoms with Gasteiger partial charge in [-0.3, -0.25) is 9.69 Å². The Hall–Kier alpha value is -1.93. The Balaban J connectivity index is 1.68. The van der Waals surface area contributed by atoms with Crippen LogP contribution in [0.3, 0.4) is 0 Å². The van der Waals surface area contributed by atoms with Crippen molar-refractivity contribution in [2.45, 2.75) is 44.7 Å². The lowest BCUT2D eigenvalue weighted by atomic mass is 9.91. The summed E-state index contributed by atoms with van der Waals surface area (Å²) in [6.07, 6.45) is 10.9. The number of carbonyl (C=O) groups excluding carboxylic acids is 1. The number of benzene rings is 1. The van der Waals surface area contributed by atoms with E-state index in [9.17, 15) is 4.79 Å². The fraction of sp³-hybridized carbons (Fsp3) is 0.409. The Kier molecular flexibility index (Phi) is 4.01. The number of carbonyl (C=O) groups is 1. The Morgan fingerprint density at radius 1 is 1.29 bits per heavy atom. The van der Waals surface area contributed by atoms with E-state index >= 15 is 0 Å². The van der Waals surface area contributed by atoms with Crippen LogP contribution < -0.4 is 0 Å². The van der Waals surface area contributed by atoms with Crippen molar-refractivity contribution >= 4 is 5.78 Å². The van der Waals surface area contributed by atoms with E-state index in [-0.39, 0.29) is 11.8 Å². The fourth-order valence-electron chi connectivity index (χ4n) is 4.68. The molecule has 1 saturated carbocycles. The highest BCUT2D eigenvalue weighted by molar-refractivity contribution is 6.01. The van der Waals surface area contributed by atoms with Crippen LogP contribution in [0, 0.1) is 5.92 Å². The summed E-state index contributed by atoms with van der Waals surface area (Å²) >= 11 is 0. The van der Waals surface area contributed by atoms with Crippen LogP contribution in [0.5, 0.6) is 0 Å². The van der Waals surface area contributed by atoms with Crippen molar-refractivity contribution in [3.63, 3.8) is 0 Å². The molecule has 0 spiro atoms. The molecule has 3 unspecified atom stereocenters. The minimum atomic E-state index is 0.191. The van der Waals surface area contributed by atoms with Gasteiger partial charge in [-0.25, -0.2) is 0 Å². The average molecular weight is 319 g/mol. The first-order valence-electron chi connectivity index (χ1n) is 9.09. The Labute approximate surface area is 144 Å². The van der Waals surface area contributed by atoms with E-state index < -0.39 is 0 Å². The first-order valence-corrected chi connectivity index (χ1v) is 9.09. The summed E-state index contributed by atoms with van der Waals surface area (Å²) in [5.41, 5.74) is 5.15. The van der Waals surface area contributed by atoms with E-state index in [2.05, 4.69) is 42.7 Å². The van der Waals surface area contributed by atoms with Gasteiger partial charge in [0, 0.05) is 30.6 Å². The second-order valence-electron chi connectivity index (χ2n) is 7.33. The molecular weight excluding hydrogens is 294 g/mol. The van der Waals surface area contributed by atoms with Crippen molar-refractivity contribution in [1.29, 1.82) is 0 Å². The molecule has 0 heterocycles. The van der Waals surface area contributed by atoms with E-state index in [0.717, 1.165) is 31.4 Å². The molecule has 0 aliphatic heterocycles. The second kappa shape index (κ2) is 6.18. The summed E-state index contributed by atoms with van der Waals surface area (Å²) in [7, 11) is 0. The van der Waals surface area contributed by atoms with Gasteiger partial charge in [0.05, 0.1) is 0 Å². The number of rotatable bonds is 4. The molecule has 0 N–H and O–H groups in total. The van der Waals surface area contributed by atoms with Crippen molar-refractivity contribution < 1.29 is 4.79 Å². The van der Waals surface area contributed by atoms with Gasteiger partial charge < -0.3 is 0 Å². The van der Waals surface area contributed by atoms with Gasteiger partial charge in [0.1, 0.15) is 0 Å². The molecule has 24 heavy (non-hydrogen) atoms. The van der Waals surface area contributed by atoms with E-state index in [1.165, 1.54) is 16.7 Å². The van der Waals surface area contributed by atoms with Crippen LogP contribution in [-0.4, -0.2) is 23.3 Å². The lowest BCUT2D eigenvalue weighted by Crippen LogP contribution is -2.37. The van der Waals surface area contributed by atoms with E-state index in [1.54, 1.807) is 0 Å². The van der Waals surface area contributed by atoms with Gasteiger partial charge in [-0.15, -0.1) is 6.58 Å². The minimum absolute atomic E-state index is 0.191. The first kappa shape index (κ1) is 15.6. The van der Waals surface area contributed by atoms with Gasteiger partial charge in [-0.2, -0.15) is 0 Å². The van der Waals surface area contributed by atoms with Crippen LogP contribution in [0.2, 0.25) is 0 Å². The zero-order valence-electron chi connectivity index (χ0n) is 14.4. The molecule has 1 aromatic carbocycles. The molecular formula is C22H25NO. The lowest BCUT2D eigenvalue weighted by Gasteiger charge is -2.35. The van der Waals surface area contributed by atoms with Gasteiger partial charge >= 0.3 is 0 Å². The number of hydrogen-bond acceptors (Lipinski definition) is 2. The highest BCUT2D eigenvalue weighted by atomic mass is 16.1. The standard InChI is InChI=1S/C22H25NO/c1-3-12-23(20-11-9-16-13-15(2)8-10-17(16)20)21-14-22(24)19-7-5-4-6-18(19)21/h3-7,10,13,15,20-21H,1,8-9,11-12,14H2,2H3. The molecule has 0 amide bonds. The molecule has 2 heteroatoms. The third kappa shape index (κ3) is 2.50. The minimum Gasteiger partial charge on any atom is -0.294 e. The molecule has 0 saturated heterocycles. The Bertz CT molecular complexity index is 742. The van der Waals surface area contributed by atoms with Gasteiger partial charge in [-0.05, 0) is 41.9 Å². The zero-order valence-corrected chi connectivity index (χ0v) is 14.4. The van der Waals surface area contributed by atoms with E-state index in [0.29, 0.717) is 18.4 Å². The summed E-state index contributed by atoms with van der Waals surface area (Å²) < 4.78 is 0. The number of hydrogen-bond donors (Lipinski definition) is 0. The van der Waals surface area contributed by atoms with Gasteiger partial charge in [0.15, 0.2) is 5.78 Å². The summed E-state index contributed by atoms with van der Waals surface area (Å²) in [5.74, 6) is 0.939. The molecule has 0 bridgehead atoms. The summed E-state index contributed by atoms with van der Waals surface area (Å²) in [5, 5.41) is 0. The molecule has 1 aromatic rings. The number of nitrogens with zero attached hydrogens (tertiary/aromatic N) is 1. The molecule has 3 aliphatic rings. The van der Waals surface area contributed by atoms with Crippen molar-refractivity contribution in [2.24, 2.45) is 5.92 Å². The Morgan fingerprint density at radius 3 is 2.96 bits per heavy atom. The van der Waals surface area contributed by atoms with Crippen LogP contribution in [0.4, 0.5) is 0 Å². The quantitative estimate of drug-likeness (QED) is 0.739. The lowest BCUT2D eigenvalue weighted by molar-refractivity contribution is 0.0942. The SMILES string of the molecule is C=CCN(C1CCC2=CC(C)CC=C21)C1CC(=O)c2ccccc21. The second-order valence-corrected chi connectivity index (χ2v) is 7.33. The van der Waals surface area contributed by atoms with E-state index in [4.69, 9.17) is 0 Å². The third-order valence-corrected chi connectivity index (χ3v) is 5.75. The maximum atomic E-state index is 12.4. The highest BCUT2D eigenvalue weighted by Crippen LogP contribution is 2.44. The van der Waals surface area contributed by atoms with Gasteiger partial charge in [0.25, 0.3) is 0 Å². The van der Waals surface area contributed by atoms with Crippen molar-refractivity contribution in [2.75, 3.05) is 6.54 Å². The topological polar surface area (TPSA) is 20.3 Å². The van der Waals surface area contributed by atoms with Crippen LogP contribution in [-0.2, 0) is 0 Å². The summed E-state index contributed by atoms with van der Waals surface area (Å²) in [6, 6.07) is 8.74. The van der Waals surface area contributed by atoms with Crippen molar-refractivity contribution in [3.05, 3.63) is 71.3 Å². The highest BCUT2D eigenvalue weighted by Gasteiger charge is 2.39. The first-order chi connectivity index (χ1) is 11.7. The van der Waals surface area contributed by atoms with Crippen LogP contribution in [0.25, 0.3) is 0 Å². The summed E-state index contributed by atoms with van der Waals surface area (Å²) in [6.45, 7) is 7.10. The molecule has 3 aliphatic carbocycles. The maximum absolute atomic E-state index is 12.4. The van der Waals surface area contributed by atoms with Gasteiger partial charge in [0.2, 0.25) is 0 Å². The van der Waals surface area contributed by atoms with Gasteiger partial charge in [-0.1, -0.05) is 49.4 Å². The van der Waals surface area contributed by atoms with Crippen molar-refractivity contribution in [1.82, 2.24) is 4.90 Å². The summed E-state index contributed by atoms with van der Waals surface area (Å²) in [4.78, 5) is 15.0. The number of allylic oxidation sites excluding steroid dienone is 2. The molecule has 124 valence electrons. The maximum Gasteiger partial charge on any atom is 0.165 e. The predicted octanol–water partition coefficient (Wildman–Crippen LogP) is 4.86. The average Bonchev–Trinajstić information content (AvgIpc) is 3.14. The van der Waals surface area contributed by atoms with Crippen LogP contribution >= 0.6 is 0 Å². The molecule has 2 nitrogen and oxygen atoms in total. The monoisotopic (exact) mass is 319 g/mol. The molecule has 3 atom stereocenters. The molecule has 0 radical (unpaired) electrons. The van der Waals surface area contributed by atoms with E-state index in [1.807, 2.05) is 18.2 Å². The number of fused-ring (bicyclic) bond motifs is 2. The predicted molar refractivity (Wildman–Crippen MR) is 98.0 cm³/mol. The Morgan fingerprint density at radius 2 is 2.12 bits per heavy atom. The van der Waals surface area contributed by atoms with Crippen molar-refractivity contribution in [3.8, 4) is 0 Å². The molecule has 4 rings (SSSR count). The molecule has 1 fully saturated rings. The number of Topliss-reactive ketones (excluding diaryl/α,β-unsaturated/α-hetero) is 1. The smallest absolute Gasteiger partial charge is 0.165 e. The number of ketones is 1. The largest absolute Gasteiger partial charge is 0.294 e.